The zero-order valence-corrected chi connectivity index (χ0v) is 23.1. The van der Waals surface area contributed by atoms with Crippen LogP contribution in [0.1, 0.15) is 25.8 Å². The van der Waals surface area contributed by atoms with Crippen LogP contribution in [0.25, 0.3) is 0 Å². The van der Waals surface area contributed by atoms with Crippen LogP contribution in [0.2, 0.25) is 0 Å². The van der Waals surface area contributed by atoms with Crippen molar-refractivity contribution in [2.45, 2.75) is 50.3 Å². The Morgan fingerprint density at radius 1 is 1.28 bits per heavy atom. The van der Waals surface area contributed by atoms with Gasteiger partial charge in [0.25, 0.3) is 5.69 Å². The smallest absolute Gasteiger partial charge is 0.356 e. The van der Waals surface area contributed by atoms with Crippen molar-refractivity contribution in [1.29, 1.82) is 0 Å². The van der Waals surface area contributed by atoms with Gasteiger partial charge < -0.3 is 19.6 Å². The van der Waals surface area contributed by atoms with Gasteiger partial charge in [0.1, 0.15) is 12.3 Å². The molecule has 2 fully saturated rings. The second-order valence-corrected chi connectivity index (χ2v) is 12.1. The minimum Gasteiger partial charge on any atom is -0.456 e. The molecule has 0 bridgehead atoms. The molecule has 0 spiro atoms. The van der Waals surface area contributed by atoms with Crippen molar-refractivity contribution in [3.05, 3.63) is 75.0 Å². The number of likely N-dealkylation sites (tertiary alicyclic amines) is 1. The third kappa shape index (κ3) is 5.35. The highest BCUT2D eigenvalue weighted by molar-refractivity contribution is 8.03. The van der Waals surface area contributed by atoms with Gasteiger partial charge in [0.05, 0.1) is 23.0 Å². The molecular formula is C28H34N4O6S. The van der Waals surface area contributed by atoms with Crippen LogP contribution in [0, 0.1) is 22.0 Å². The largest absolute Gasteiger partial charge is 0.456 e. The van der Waals surface area contributed by atoms with Crippen LogP contribution < -0.4 is 0 Å². The van der Waals surface area contributed by atoms with Gasteiger partial charge in [-0.2, -0.15) is 0 Å². The summed E-state index contributed by atoms with van der Waals surface area (Å²) < 4.78 is 5.62. The number of aliphatic hydroxyl groups excluding tert-OH is 1. The van der Waals surface area contributed by atoms with Crippen LogP contribution in [-0.2, 0) is 20.9 Å². The fraction of sp³-hybridized carbons (Fsp3) is 0.500. The highest BCUT2D eigenvalue weighted by Crippen LogP contribution is 2.52. The van der Waals surface area contributed by atoms with E-state index in [-0.39, 0.29) is 47.2 Å². The fourth-order valence-corrected chi connectivity index (χ4v) is 7.52. The van der Waals surface area contributed by atoms with Gasteiger partial charge in [0.2, 0.25) is 5.91 Å². The highest BCUT2D eigenvalue weighted by Gasteiger charge is 2.60. The molecule has 10 nitrogen and oxygen atoms in total. The van der Waals surface area contributed by atoms with E-state index < -0.39 is 22.9 Å². The molecule has 11 heteroatoms. The van der Waals surface area contributed by atoms with Gasteiger partial charge in [-0.3, -0.25) is 19.8 Å². The number of esters is 1. The maximum atomic E-state index is 13.4. The molecule has 1 aromatic carbocycles. The monoisotopic (exact) mass is 554 g/mol. The van der Waals surface area contributed by atoms with Crippen LogP contribution in [0.3, 0.4) is 0 Å². The molecule has 1 amide bonds. The summed E-state index contributed by atoms with van der Waals surface area (Å²) in [4.78, 5) is 43.8. The molecule has 2 saturated heterocycles. The summed E-state index contributed by atoms with van der Waals surface area (Å²) in [5.74, 6) is -1.51. The number of nitrogens with zero attached hydrogens (tertiary/aromatic N) is 4. The number of likely N-dealkylation sites (N-methyl/N-ethyl adjacent to an activating group) is 1. The zero-order valence-electron chi connectivity index (χ0n) is 22.3. The quantitative estimate of drug-likeness (QED) is 0.162. The molecule has 0 radical (unpaired) electrons. The van der Waals surface area contributed by atoms with Gasteiger partial charge in [0, 0.05) is 53.9 Å². The van der Waals surface area contributed by atoms with Gasteiger partial charge in [-0.05, 0) is 44.3 Å². The summed E-state index contributed by atoms with van der Waals surface area (Å²) in [6.45, 7) is 6.26. The average Bonchev–Trinajstić information content (AvgIpc) is 3.60. The number of amides is 1. The first kappa shape index (κ1) is 27.4. The van der Waals surface area contributed by atoms with E-state index in [1.54, 1.807) is 30.8 Å². The molecule has 0 unspecified atom stereocenters. The molecule has 4 heterocycles. The summed E-state index contributed by atoms with van der Waals surface area (Å²) in [6.07, 6.45) is 8.81. The third-order valence-electron chi connectivity index (χ3n) is 8.04. The Balaban J connectivity index is 1.32. The van der Waals surface area contributed by atoms with Crippen molar-refractivity contribution in [2.24, 2.45) is 11.8 Å². The van der Waals surface area contributed by atoms with Crippen molar-refractivity contribution < 1.29 is 24.4 Å². The molecule has 6 atom stereocenters. The lowest BCUT2D eigenvalue weighted by molar-refractivity contribution is -0.384. The minimum absolute atomic E-state index is 0.0407. The zero-order chi connectivity index (χ0) is 27.8. The lowest BCUT2D eigenvalue weighted by Crippen LogP contribution is -2.63. The summed E-state index contributed by atoms with van der Waals surface area (Å²) in [7, 11) is 2.10. The number of carbonyl (C=O) groups is 2. The van der Waals surface area contributed by atoms with Crippen LogP contribution in [0.5, 0.6) is 0 Å². The number of thioether (sulfide) groups is 1. The Morgan fingerprint density at radius 2 is 1.97 bits per heavy atom. The molecule has 5 rings (SSSR count). The number of fused-ring (bicyclic) bond motifs is 1. The SMILES string of the molecule is C[C@@H](O)[C@H]1C(=O)N2C(C(=O)OCc3ccc([N+](=O)[O-])cc3)=C(S[C@H]3C[C@@H](/C=C/N4CC=CC4)N(C)C3)[C@H](C)[C@H]12. The second kappa shape index (κ2) is 11.1. The predicted molar refractivity (Wildman–Crippen MR) is 147 cm³/mol. The van der Waals surface area contributed by atoms with Gasteiger partial charge in [-0.25, -0.2) is 4.79 Å². The normalized spacial score (nSPS) is 29.3. The first-order valence-corrected chi connectivity index (χ1v) is 14.1. The van der Waals surface area contributed by atoms with Crippen LogP contribution in [0.15, 0.2) is 59.3 Å². The number of β-lactam (4-membered cyclic amide) rings is 1. The lowest BCUT2D eigenvalue weighted by atomic mass is 9.79. The first-order chi connectivity index (χ1) is 18.7. The molecule has 1 aromatic rings. The van der Waals surface area contributed by atoms with E-state index in [9.17, 15) is 24.8 Å². The van der Waals surface area contributed by atoms with E-state index in [0.717, 1.165) is 31.0 Å². The first-order valence-electron chi connectivity index (χ1n) is 13.3. The molecule has 208 valence electrons. The number of aliphatic hydroxyl groups is 1. The lowest BCUT2D eigenvalue weighted by Gasteiger charge is -2.46. The molecule has 0 saturated carbocycles. The minimum atomic E-state index is -0.810. The van der Waals surface area contributed by atoms with Gasteiger partial charge in [-0.1, -0.05) is 25.2 Å². The van der Waals surface area contributed by atoms with Crippen molar-refractivity contribution in [3.8, 4) is 0 Å². The Bertz CT molecular complexity index is 1220. The molecule has 4 aliphatic rings. The number of hydrogen-bond acceptors (Lipinski definition) is 9. The molecule has 4 aliphatic heterocycles. The van der Waals surface area contributed by atoms with Crippen LogP contribution >= 0.6 is 11.8 Å². The van der Waals surface area contributed by atoms with Crippen molar-refractivity contribution in [1.82, 2.24) is 14.7 Å². The second-order valence-electron chi connectivity index (χ2n) is 10.7. The molecule has 39 heavy (non-hydrogen) atoms. The number of nitro benzene ring substituents is 1. The van der Waals surface area contributed by atoms with E-state index in [1.807, 2.05) is 6.92 Å². The summed E-state index contributed by atoms with van der Waals surface area (Å²) in [5.41, 5.74) is 0.843. The Kier molecular flexibility index (Phi) is 7.84. The Morgan fingerprint density at radius 3 is 2.62 bits per heavy atom. The maximum Gasteiger partial charge on any atom is 0.356 e. The molecule has 0 aromatic heterocycles. The van der Waals surface area contributed by atoms with E-state index >= 15 is 0 Å². The number of ether oxygens (including phenoxy) is 1. The number of carbonyl (C=O) groups excluding carboxylic acids is 2. The van der Waals surface area contributed by atoms with Crippen molar-refractivity contribution >= 4 is 29.3 Å². The number of hydrogen-bond donors (Lipinski definition) is 1. The predicted octanol–water partition coefficient (Wildman–Crippen LogP) is 2.90. The van der Waals surface area contributed by atoms with Crippen LogP contribution in [0.4, 0.5) is 5.69 Å². The standard InChI is InChI=1S/C28H34N4O6S/c1-17-24-23(18(2)33)27(34)31(24)25(28(35)38-16-19-6-8-20(9-7-19)32(36)37)26(17)39-22-14-21(29(3)15-22)10-13-30-11-4-5-12-30/h4-10,13,17-18,21-24,33H,11-12,14-16H2,1-3H3/b13-10+/t17-,18-,21-,22+,23-,24-/m1/s1. The number of rotatable bonds is 9. The van der Waals surface area contributed by atoms with Gasteiger partial charge in [-0.15, -0.1) is 11.8 Å². The summed E-state index contributed by atoms with van der Waals surface area (Å²) >= 11 is 1.64. The van der Waals surface area contributed by atoms with Crippen molar-refractivity contribution in [2.75, 3.05) is 26.7 Å². The molecule has 1 N–H and O–H groups in total. The van der Waals surface area contributed by atoms with Gasteiger partial charge in [0.15, 0.2) is 0 Å². The number of non-ortho nitro benzene ring substituents is 1. The Hall–Kier alpha value is -3.15. The molecular weight excluding hydrogens is 520 g/mol. The highest BCUT2D eigenvalue weighted by atomic mass is 32.2. The average molecular weight is 555 g/mol. The van der Waals surface area contributed by atoms with E-state index in [1.165, 1.54) is 17.0 Å². The van der Waals surface area contributed by atoms with E-state index in [2.05, 4.69) is 41.3 Å². The topological polar surface area (TPSA) is 116 Å². The molecule has 0 aliphatic carbocycles. The van der Waals surface area contributed by atoms with Gasteiger partial charge >= 0.3 is 5.97 Å². The fourth-order valence-electron chi connectivity index (χ4n) is 5.91. The number of nitro groups is 1. The van der Waals surface area contributed by atoms with E-state index in [4.69, 9.17) is 4.74 Å². The Labute approximate surface area is 232 Å². The van der Waals surface area contributed by atoms with Crippen LogP contribution in [-0.4, -0.2) is 86.7 Å². The third-order valence-corrected chi connectivity index (χ3v) is 9.53. The number of benzene rings is 1. The van der Waals surface area contributed by atoms with E-state index in [0.29, 0.717) is 5.56 Å². The maximum absolute atomic E-state index is 13.4. The van der Waals surface area contributed by atoms with Crippen molar-refractivity contribution in [3.63, 3.8) is 0 Å². The summed E-state index contributed by atoms with van der Waals surface area (Å²) in [6, 6.07) is 5.83. The summed E-state index contributed by atoms with van der Waals surface area (Å²) in [5, 5.41) is 21.4.